The van der Waals surface area contributed by atoms with Crippen molar-refractivity contribution in [2.24, 2.45) is 0 Å². The minimum Gasteiger partial charge on any atom is -0.325 e. The molecule has 0 saturated carbocycles. The molecule has 0 aliphatic rings. The summed E-state index contributed by atoms with van der Waals surface area (Å²) in [4.78, 5) is 17.8. The third-order valence-corrected chi connectivity index (χ3v) is 2.99. The van der Waals surface area contributed by atoms with Gasteiger partial charge in [0.25, 0.3) is 0 Å². The highest BCUT2D eigenvalue weighted by Crippen LogP contribution is 2.38. The van der Waals surface area contributed by atoms with Crippen molar-refractivity contribution in [3.63, 3.8) is 0 Å². The van der Waals surface area contributed by atoms with E-state index in [1.54, 1.807) is 24.3 Å². The van der Waals surface area contributed by atoms with Gasteiger partial charge in [0.1, 0.15) is 0 Å². The number of halogens is 1. The summed E-state index contributed by atoms with van der Waals surface area (Å²) < 4.78 is 4.65. The lowest BCUT2D eigenvalue weighted by molar-refractivity contribution is 0.247. The SMILES string of the molecule is N#CC(COP(O)(O)=S)c1ccccc1Cl. The Morgan fingerprint density at radius 1 is 1.50 bits per heavy atom. The fraction of sp³-hybridized carbons (Fsp3) is 0.222. The Morgan fingerprint density at radius 2 is 2.12 bits per heavy atom. The highest BCUT2D eigenvalue weighted by molar-refractivity contribution is 8.06. The summed E-state index contributed by atoms with van der Waals surface area (Å²) in [7, 11) is 0. The second kappa shape index (κ2) is 5.74. The van der Waals surface area contributed by atoms with E-state index in [9.17, 15) is 0 Å². The zero-order valence-corrected chi connectivity index (χ0v) is 10.5. The third-order valence-electron chi connectivity index (χ3n) is 1.85. The van der Waals surface area contributed by atoms with Crippen LogP contribution < -0.4 is 0 Å². The van der Waals surface area contributed by atoms with Gasteiger partial charge in [0.05, 0.1) is 18.6 Å². The molecule has 1 rings (SSSR count). The molecule has 0 aliphatic carbocycles. The molecule has 7 heteroatoms. The fourth-order valence-corrected chi connectivity index (χ4v) is 1.92. The first-order chi connectivity index (χ1) is 7.44. The van der Waals surface area contributed by atoms with Gasteiger partial charge in [-0.2, -0.15) is 5.26 Å². The zero-order valence-electron chi connectivity index (χ0n) is 8.08. The molecule has 0 radical (unpaired) electrons. The van der Waals surface area contributed by atoms with Crippen LogP contribution in [-0.2, 0) is 16.3 Å². The smallest absolute Gasteiger partial charge is 0.321 e. The summed E-state index contributed by atoms with van der Waals surface area (Å²) in [6, 6.07) is 8.77. The largest absolute Gasteiger partial charge is 0.325 e. The first kappa shape index (κ1) is 13.6. The molecule has 1 atom stereocenters. The van der Waals surface area contributed by atoms with Crippen LogP contribution in [0.3, 0.4) is 0 Å². The number of rotatable bonds is 4. The number of nitrogens with zero attached hydrogens (tertiary/aromatic N) is 1. The van der Waals surface area contributed by atoms with Gasteiger partial charge in [0.15, 0.2) is 0 Å². The molecule has 0 aliphatic heterocycles. The second-order valence-electron chi connectivity index (χ2n) is 2.99. The topological polar surface area (TPSA) is 73.5 Å². The molecule has 1 aromatic rings. The molecular weight excluding hydrogens is 269 g/mol. The molecule has 0 heterocycles. The van der Waals surface area contributed by atoms with Crippen LogP contribution in [0.25, 0.3) is 0 Å². The summed E-state index contributed by atoms with van der Waals surface area (Å²) in [5.74, 6) is -0.671. The molecule has 86 valence electrons. The first-order valence-corrected chi connectivity index (χ1v) is 7.28. The van der Waals surface area contributed by atoms with E-state index < -0.39 is 12.6 Å². The van der Waals surface area contributed by atoms with Crippen LogP contribution in [0.4, 0.5) is 0 Å². The maximum absolute atomic E-state index is 8.93. The fourth-order valence-electron chi connectivity index (χ4n) is 1.13. The van der Waals surface area contributed by atoms with Crippen LogP contribution in [0.15, 0.2) is 24.3 Å². The Bertz CT molecular complexity index is 456. The van der Waals surface area contributed by atoms with Gasteiger partial charge < -0.3 is 14.3 Å². The van der Waals surface area contributed by atoms with E-state index in [0.717, 1.165) is 0 Å². The van der Waals surface area contributed by atoms with E-state index in [2.05, 4.69) is 16.3 Å². The molecule has 0 spiro atoms. The molecule has 0 bridgehead atoms. The minimum atomic E-state index is -3.73. The third kappa shape index (κ3) is 4.18. The molecular formula is C9H9ClNO3PS. The summed E-state index contributed by atoms with van der Waals surface area (Å²) in [6.07, 6.45) is 0. The lowest BCUT2D eigenvalue weighted by atomic mass is 10.0. The molecule has 0 saturated heterocycles. The van der Waals surface area contributed by atoms with Crippen LogP contribution in [0, 0.1) is 11.3 Å². The van der Waals surface area contributed by atoms with Gasteiger partial charge in [-0.15, -0.1) is 0 Å². The molecule has 4 nitrogen and oxygen atoms in total. The maximum Gasteiger partial charge on any atom is 0.321 e. The Hall–Kier alpha value is -0.470. The maximum atomic E-state index is 8.93. The first-order valence-electron chi connectivity index (χ1n) is 4.28. The van der Waals surface area contributed by atoms with Crippen LogP contribution in [0.5, 0.6) is 0 Å². The van der Waals surface area contributed by atoms with Crippen LogP contribution >= 0.6 is 18.3 Å². The molecule has 0 aromatic heterocycles. The lowest BCUT2D eigenvalue weighted by Gasteiger charge is -2.13. The monoisotopic (exact) mass is 277 g/mol. The molecule has 1 aromatic carbocycles. The van der Waals surface area contributed by atoms with Crippen LogP contribution in [0.2, 0.25) is 5.02 Å². The van der Waals surface area contributed by atoms with Gasteiger partial charge in [0.2, 0.25) is 0 Å². The predicted octanol–water partition coefficient (Wildman–Crippen LogP) is 2.17. The summed E-state index contributed by atoms with van der Waals surface area (Å²) in [6.45, 7) is -3.92. The molecule has 2 N–H and O–H groups in total. The predicted molar refractivity (Wildman–Crippen MR) is 64.5 cm³/mol. The summed E-state index contributed by atoms with van der Waals surface area (Å²) >= 11 is 10.2. The zero-order chi connectivity index (χ0) is 12.2. The van der Waals surface area contributed by atoms with Gasteiger partial charge in [-0.1, -0.05) is 29.8 Å². The molecule has 1 unspecified atom stereocenters. The Labute approximate surface area is 103 Å². The van der Waals surface area contributed by atoms with Crippen molar-refractivity contribution in [3.8, 4) is 6.07 Å². The quantitative estimate of drug-likeness (QED) is 0.825. The number of hydrogen-bond acceptors (Lipinski definition) is 3. The van der Waals surface area contributed by atoms with Crippen molar-refractivity contribution in [1.29, 1.82) is 5.26 Å². The van der Waals surface area contributed by atoms with Gasteiger partial charge in [-0.3, -0.25) is 0 Å². The Balaban J connectivity index is 2.81. The van der Waals surface area contributed by atoms with Gasteiger partial charge in [0, 0.05) is 5.02 Å². The van der Waals surface area contributed by atoms with E-state index in [1.807, 2.05) is 6.07 Å². The highest BCUT2D eigenvalue weighted by atomic mass is 35.5. The highest BCUT2D eigenvalue weighted by Gasteiger charge is 2.18. The van der Waals surface area contributed by atoms with Gasteiger partial charge in [-0.05, 0) is 23.4 Å². The van der Waals surface area contributed by atoms with Crippen LogP contribution in [0.1, 0.15) is 11.5 Å². The molecule has 0 fully saturated rings. The van der Waals surface area contributed by atoms with E-state index in [1.165, 1.54) is 0 Å². The minimum absolute atomic E-state index is 0.190. The number of nitriles is 1. The van der Waals surface area contributed by atoms with Crippen molar-refractivity contribution in [2.45, 2.75) is 5.92 Å². The summed E-state index contributed by atoms with van der Waals surface area (Å²) in [5.41, 5.74) is 0.579. The standard InChI is InChI=1S/C9H9ClNO3PS/c10-9-4-2-1-3-8(9)7(5-11)6-14-15(12,13)16/h1-4,7H,6H2,(H2,12,13,16). The van der Waals surface area contributed by atoms with Crippen molar-refractivity contribution in [3.05, 3.63) is 34.9 Å². The van der Waals surface area contributed by atoms with E-state index in [0.29, 0.717) is 10.6 Å². The summed E-state index contributed by atoms with van der Waals surface area (Å²) in [5, 5.41) is 9.36. The van der Waals surface area contributed by atoms with Crippen molar-refractivity contribution < 1.29 is 14.3 Å². The average molecular weight is 278 g/mol. The van der Waals surface area contributed by atoms with Gasteiger partial charge in [-0.25, -0.2) is 0 Å². The number of hydrogen-bond donors (Lipinski definition) is 2. The Kier molecular flexibility index (Phi) is 4.88. The Morgan fingerprint density at radius 3 is 2.62 bits per heavy atom. The molecule has 0 amide bonds. The lowest BCUT2D eigenvalue weighted by Crippen LogP contribution is -2.05. The van der Waals surface area contributed by atoms with Gasteiger partial charge >= 0.3 is 6.72 Å². The number of benzene rings is 1. The molecule has 16 heavy (non-hydrogen) atoms. The van der Waals surface area contributed by atoms with E-state index >= 15 is 0 Å². The average Bonchev–Trinajstić information content (AvgIpc) is 2.20. The van der Waals surface area contributed by atoms with E-state index in [4.69, 9.17) is 26.6 Å². The van der Waals surface area contributed by atoms with E-state index in [-0.39, 0.29) is 6.61 Å². The van der Waals surface area contributed by atoms with Crippen LogP contribution in [-0.4, -0.2) is 16.4 Å². The van der Waals surface area contributed by atoms with Crippen molar-refractivity contribution in [2.75, 3.05) is 6.61 Å². The van der Waals surface area contributed by atoms with Crippen molar-refractivity contribution in [1.82, 2.24) is 0 Å². The second-order valence-corrected chi connectivity index (χ2v) is 6.06. The normalized spacial score (nSPS) is 13.1. The van der Waals surface area contributed by atoms with Crippen molar-refractivity contribution >= 4 is 30.1 Å².